The van der Waals surface area contributed by atoms with Gasteiger partial charge in [-0.3, -0.25) is 4.79 Å². The molecule has 0 heterocycles. The fourth-order valence-electron chi connectivity index (χ4n) is 1.48. The quantitative estimate of drug-likeness (QED) is 0.688. The van der Waals surface area contributed by atoms with Gasteiger partial charge in [-0.15, -0.1) is 0 Å². The molecule has 0 aromatic heterocycles. The zero-order chi connectivity index (χ0) is 13.5. The molecule has 18 heavy (non-hydrogen) atoms. The average Bonchev–Trinajstić information content (AvgIpc) is 2.32. The molecule has 1 aromatic rings. The highest BCUT2D eigenvalue weighted by atomic mass is 79.9. The van der Waals surface area contributed by atoms with Crippen LogP contribution in [0.1, 0.15) is 16.8 Å². The Hall–Kier alpha value is -1.11. The molecule has 4 N–H and O–H groups in total. The number of carbonyl (C=O) groups is 1. The van der Waals surface area contributed by atoms with Crippen molar-refractivity contribution >= 4 is 27.5 Å². The van der Waals surface area contributed by atoms with Gasteiger partial charge in [0.05, 0.1) is 12.6 Å². The first-order chi connectivity index (χ1) is 8.56. The number of nitrogens with two attached hydrogens (primary N) is 1. The van der Waals surface area contributed by atoms with Crippen LogP contribution in [-0.2, 0) is 4.74 Å². The molecule has 6 heteroatoms. The summed E-state index contributed by atoms with van der Waals surface area (Å²) in [5.41, 5.74) is 6.62. The van der Waals surface area contributed by atoms with E-state index in [0.717, 1.165) is 4.47 Å². The number of rotatable bonds is 6. The Labute approximate surface area is 114 Å². The van der Waals surface area contributed by atoms with Gasteiger partial charge in [-0.1, -0.05) is 15.9 Å². The number of aliphatic hydroxyl groups excluding tert-OH is 1. The first kappa shape index (κ1) is 14.9. The Bertz CT molecular complexity index is 392. The van der Waals surface area contributed by atoms with Crippen molar-refractivity contribution in [2.75, 3.05) is 26.1 Å². The normalized spacial score (nSPS) is 12.2. The van der Waals surface area contributed by atoms with Crippen molar-refractivity contribution in [3.05, 3.63) is 28.2 Å². The molecule has 1 rings (SSSR count). The van der Waals surface area contributed by atoms with Gasteiger partial charge >= 0.3 is 0 Å². The molecule has 0 aliphatic heterocycles. The number of hydrogen-bond acceptors (Lipinski definition) is 4. The highest BCUT2D eigenvalue weighted by Crippen LogP contribution is 2.17. The van der Waals surface area contributed by atoms with E-state index in [2.05, 4.69) is 21.2 Å². The standard InChI is InChI=1S/C12H17BrN2O3/c1-18-3-2-11(7-16)15-12(17)8-4-9(13)6-10(14)5-8/h4-6,11,16H,2-3,7,14H2,1H3,(H,15,17). The lowest BCUT2D eigenvalue weighted by Gasteiger charge is -2.16. The molecule has 1 amide bonds. The summed E-state index contributed by atoms with van der Waals surface area (Å²) >= 11 is 3.28. The number of halogens is 1. The van der Waals surface area contributed by atoms with Gasteiger partial charge in [0.1, 0.15) is 0 Å². The van der Waals surface area contributed by atoms with Crippen LogP contribution in [0.3, 0.4) is 0 Å². The molecule has 0 saturated carbocycles. The fraction of sp³-hybridized carbons (Fsp3) is 0.417. The van der Waals surface area contributed by atoms with Crippen molar-refractivity contribution in [2.24, 2.45) is 0 Å². The van der Waals surface area contributed by atoms with Crippen LogP contribution in [0.25, 0.3) is 0 Å². The molecule has 0 aliphatic carbocycles. The third-order valence-corrected chi connectivity index (χ3v) is 2.87. The van der Waals surface area contributed by atoms with Crippen LogP contribution < -0.4 is 11.1 Å². The van der Waals surface area contributed by atoms with E-state index in [0.29, 0.717) is 24.3 Å². The van der Waals surface area contributed by atoms with Gasteiger partial charge < -0.3 is 20.9 Å². The predicted molar refractivity (Wildman–Crippen MR) is 73.4 cm³/mol. The van der Waals surface area contributed by atoms with Crippen LogP contribution in [0.15, 0.2) is 22.7 Å². The third kappa shape index (κ3) is 4.64. The van der Waals surface area contributed by atoms with Crippen molar-refractivity contribution in [1.29, 1.82) is 0 Å². The largest absolute Gasteiger partial charge is 0.399 e. The molecule has 100 valence electrons. The van der Waals surface area contributed by atoms with Crippen LogP contribution in [0, 0.1) is 0 Å². The molecule has 0 spiro atoms. The van der Waals surface area contributed by atoms with E-state index in [1.54, 1.807) is 25.3 Å². The summed E-state index contributed by atoms with van der Waals surface area (Å²) in [6, 6.07) is 4.66. The molecule has 0 saturated heterocycles. The second-order valence-electron chi connectivity index (χ2n) is 3.91. The lowest BCUT2D eigenvalue weighted by molar-refractivity contribution is 0.0895. The second kappa shape index (κ2) is 7.35. The van der Waals surface area contributed by atoms with E-state index in [1.165, 1.54) is 0 Å². The molecule has 5 nitrogen and oxygen atoms in total. The Kier molecular flexibility index (Phi) is 6.11. The summed E-state index contributed by atoms with van der Waals surface area (Å²) in [7, 11) is 1.57. The minimum absolute atomic E-state index is 0.126. The highest BCUT2D eigenvalue weighted by Gasteiger charge is 2.13. The molecule has 1 atom stereocenters. The van der Waals surface area contributed by atoms with Crippen molar-refractivity contribution < 1.29 is 14.6 Å². The molecular weight excluding hydrogens is 300 g/mol. The monoisotopic (exact) mass is 316 g/mol. The molecular formula is C12H17BrN2O3. The van der Waals surface area contributed by atoms with Crippen molar-refractivity contribution in [1.82, 2.24) is 5.32 Å². The topological polar surface area (TPSA) is 84.6 Å². The van der Waals surface area contributed by atoms with Gasteiger partial charge in [0.15, 0.2) is 0 Å². The Morgan fingerprint density at radius 3 is 2.83 bits per heavy atom. The van der Waals surface area contributed by atoms with Crippen molar-refractivity contribution in [3.63, 3.8) is 0 Å². The number of benzene rings is 1. The minimum Gasteiger partial charge on any atom is -0.399 e. The van der Waals surface area contributed by atoms with Gasteiger partial charge in [-0.2, -0.15) is 0 Å². The Morgan fingerprint density at radius 2 is 2.28 bits per heavy atom. The smallest absolute Gasteiger partial charge is 0.251 e. The number of nitrogens with one attached hydrogen (secondary N) is 1. The number of aliphatic hydroxyl groups is 1. The van der Waals surface area contributed by atoms with Crippen LogP contribution in [0.4, 0.5) is 5.69 Å². The fourth-order valence-corrected chi connectivity index (χ4v) is 1.99. The number of ether oxygens (including phenoxy) is 1. The maximum absolute atomic E-state index is 11.9. The van der Waals surface area contributed by atoms with Crippen LogP contribution >= 0.6 is 15.9 Å². The zero-order valence-corrected chi connectivity index (χ0v) is 11.7. The number of methoxy groups -OCH3 is 1. The van der Waals surface area contributed by atoms with E-state index in [9.17, 15) is 4.79 Å². The van der Waals surface area contributed by atoms with E-state index in [4.69, 9.17) is 15.6 Å². The maximum atomic E-state index is 11.9. The number of nitrogen functional groups attached to an aromatic ring is 1. The molecule has 0 radical (unpaired) electrons. The summed E-state index contributed by atoms with van der Waals surface area (Å²) < 4.78 is 5.65. The lowest BCUT2D eigenvalue weighted by Crippen LogP contribution is -2.38. The molecule has 0 aliphatic rings. The summed E-state index contributed by atoms with van der Waals surface area (Å²) in [4.78, 5) is 11.9. The molecule has 0 fully saturated rings. The summed E-state index contributed by atoms with van der Waals surface area (Å²) in [5.74, 6) is -0.266. The van der Waals surface area contributed by atoms with Crippen molar-refractivity contribution in [3.8, 4) is 0 Å². The van der Waals surface area contributed by atoms with Gasteiger partial charge in [-0.25, -0.2) is 0 Å². The number of carbonyl (C=O) groups excluding carboxylic acids is 1. The van der Waals surface area contributed by atoms with E-state index in [1.807, 2.05) is 0 Å². The van der Waals surface area contributed by atoms with E-state index in [-0.39, 0.29) is 18.6 Å². The van der Waals surface area contributed by atoms with Crippen LogP contribution in [0.5, 0.6) is 0 Å². The minimum atomic E-state index is -0.322. The number of amides is 1. The van der Waals surface area contributed by atoms with Gasteiger partial charge in [0, 0.05) is 29.4 Å². The van der Waals surface area contributed by atoms with Crippen LogP contribution in [0.2, 0.25) is 0 Å². The second-order valence-corrected chi connectivity index (χ2v) is 4.82. The highest BCUT2D eigenvalue weighted by molar-refractivity contribution is 9.10. The van der Waals surface area contributed by atoms with Gasteiger partial charge in [0.2, 0.25) is 0 Å². The summed E-state index contributed by atoms with van der Waals surface area (Å²) in [6.07, 6.45) is 0.558. The maximum Gasteiger partial charge on any atom is 0.251 e. The van der Waals surface area contributed by atoms with E-state index >= 15 is 0 Å². The Balaban J connectivity index is 2.68. The first-order valence-corrected chi connectivity index (χ1v) is 6.33. The number of anilines is 1. The van der Waals surface area contributed by atoms with Crippen molar-refractivity contribution in [2.45, 2.75) is 12.5 Å². The zero-order valence-electron chi connectivity index (χ0n) is 10.1. The molecule has 1 unspecified atom stereocenters. The summed E-state index contributed by atoms with van der Waals surface area (Å²) in [6.45, 7) is 0.352. The Morgan fingerprint density at radius 1 is 1.56 bits per heavy atom. The third-order valence-electron chi connectivity index (χ3n) is 2.41. The lowest BCUT2D eigenvalue weighted by atomic mass is 10.1. The van der Waals surface area contributed by atoms with Gasteiger partial charge in [0.25, 0.3) is 5.91 Å². The summed E-state index contributed by atoms with van der Waals surface area (Å²) in [5, 5.41) is 11.9. The number of hydrogen-bond donors (Lipinski definition) is 3. The first-order valence-electron chi connectivity index (χ1n) is 5.53. The van der Waals surface area contributed by atoms with E-state index < -0.39 is 0 Å². The average molecular weight is 317 g/mol. The molecule has 0 bridgehead atoms. The van der Waals surface area contributed by atoms with Crippen LogP contribution in [-0.4, -0.2) is 37.4 Å². The predicted octanol–water partition coefficient (Wildman–Crippen LogP) is 1.16. The SMILES string of the molecule is COCCC(CO)NC(=O)c1cc(N)cc(Br)c1. The molecule has 1 aromatic carbocycles. The van der Waals surface area contributed by atoms with Gasteiger partial charge in [-0.05, 0) is 24.6 Å².